The average molecular weight is 311 g/mol. The van der Waals surface area contributed by atoms with Gasteiger partial charge >= 0.3 is 0 Å². The lowest BCUT2D eigenvalue weighted by Crippen LogP contribution is -2.05. The standard InChI is InChI=1S/C18H17NO2S/c1-13(20)19-16-8-6-15(7-9-16)18(21)12-5-14-3-10-17(22-2)11-4-14/h3-12H,1-2H3,(H,19,20)/b12-5+. The number of anilines is 1. The SMILES string of the molecule is CSc1ccc(/C=C/C(=O)c2ccc(NC(C)=O)cc2)cc1. The van der Waals surface area contributed by atoms with E-state index in [1.165, 1.54) is 11.8 Å². The van der Waals surface area contributed by atoms with Gasteiger partial charge < -0.3 is 5.32 Å². The van der Waals surface area contributed by atoms with Gasteiger partial charge in [0, 0.05) is 23.1 Å². The van der Waals surface area contributed by atoms with Crippen molar-refractivity contribution < 1.29 is 9.59 Å². The number of hydrogen-bond donors (Lipinski definition) is 1. The van der Waals surface area contributed by atoms with Gasteiger partial charge in [0.15, 0.2) is 5.78 Å². The molecule has 0 aliphatic heterocycles. The summed E-state index contributed by atoms with van der Waals surface area (Å²) in [5.41, 5.74) is 2.26. The van der Waals surface area contributed by atoms with Gasteiger partial charge in [0.05, 0.1) is 0 Å². The van der Waals surface area contributed by atoms with Gasteiger partial charge in [-0.3, -0.25) is 9.59 Å². The molecule has 0 aromatic heterocycles. The van der Waals surface area contributed by atoms with Crippen molar-refractivity contribution in [3.05, 3.63) is 65.7 Å². The van der Waals surface area contributed by atoms with Crippen molar-refractivity contribution in [3.63, 3.8) is 0 Å². The maximum Gasteiger partial charge on any atom is 0.221 e. The van der Waals surface area contributed by atoms with E-state index in [9.17, 15) is 9.59 Å². The molecule has 0 aliphatic carbocycles. The summed E-state index contributed by atoms with van der Waals surface area (Å²) < 4.78 is 0. The first-order valence-corrected chi connectivity index (χ1v) is 8.05. The van der Waals surface area contributed by atoms with Crippen molar-refractivity contribution in [2.75, 3.05) is 11.6 Å². The zero-order valence-electron chi connectivity index (χ0n) is 12.5. The summed E-state index contributed by atoms with van der Waals surface area (Å²) in [6.45, 7) is 1.45. The van der Waals surface area contributed by atoms with Gasteiger partial charge in [-0.05, 0) is 54.3 Å². The van der Waals surface area contributed by atoms with Crippen LogP contribution in [0.1, 0.15) is 22.8 Å². The number of benzene rings is 2. The lowest BCUT2D eigenvalue weighted by Gasteiger charge is -2.02. The summed E-state index contributed by atoms with van der Waals surface area (Å²) in [7, 11) is 0. The van der Waals surface area contributed by atoms with Crippen molar-refractivity contribution >= 4 is 35.2 Å². The monoisotopic (exact) mass is 311 g/mol. The maximum absolute atomic E-state index is 12.1. The van der Waals surface area contributed by atoms with Crippen LogP contribution in [0, 0.1) is 0 Å². The van der Waals surface area contributed by atoms with E-state index in [1.54, 1.807) is 48.2 Å². The molecule has 1 N–H and O–H groups in total. The number of ketones is 1. The van der Waals surface area contributed by atoms with Crippen LogP contribution in [0.5, 0.6) is 0 Å². The van der Waals surface area contributed by atoms with Crippen molar-refractivity contribution in [2.45, 2.75) is 11.8 Å². The van der Waals surface area contributed by atoms with Gasteiger partial charge in [0.1, 0.15) is 0 Å². The third-order valence-electron chi connectivity index (χ3n) is 3.03. The molecule has 0 fully saturated rings. The van der Waals surface area contributed by atoms with Crippen LogP contribution in [0.25, 0.3) is 6.08 Å². The molecular weight excluding hydrogens is 294 g/mol. The molecule has 0 saturated carbocycles. The Bertz CT molecular complexity index is 688. The summed E-state index contributed by atoms with van der Waals surface area (Å²) in [4.78, 5) is 24.2. The number of nitrogens with one attached hydrogen (secondary N) is 1. The Morgan fingerprint density at radius 3 is 2.18 bits per heavy atom. The minimum Gasteiger partial charge on any atom is -0.326 e. The van der Waals surface area contributed by atoms with Crippen LogP contribution in [0.2, 0.25) is 0 Å². The average Bonchev–Trinajstić information content (AvgIpc) is 2.53. The first-order valence-electron chi connectivity index (χ1n) is 6.82. The van der Waals surface area contributed by atoms with Crippen LogP contribution in [0.3, 0.4) is 0 Å². The van der Waals surface area contributed by atoms with Gasteiger partial charge in [0.2, 0.25) is 5.91 Å². The Hall–Kier alpha value is -2.33. The highest BCUT2D eigenvalue weighted by Crippen LogP contribution is 2.16. The van der Waals surface area contributed by atoms with Crippen LogP contribution in [0.4, 0.5) is 5.69 Å². The van der Waals surface area contributed by atoms with E-state index in [1.807, 2.05) is 30.5 Å². The van der Waals surface area contributed by atoms with Gasteiger partial charge in [-0.25, -0.2) is 0 Å². The Morgan fingerprint density at radius 2 is 1.64 bits per heavy atom. The van der Waals surface area contributed by atoms with Gasteiger partial charge in [-0.1, -0.05) is 18.2 Å². The van der Waals surface area contributed by atoms with Crippen molar-refractivity contribution in [3.8, 4) is 0 Å². The third-order valence-corrected chi connectivity index (χ3v) is 3.78. The molecule has 0 atom stereocenters. The Morgan fingerprint density at radius 1 is 1.00 bits per heavy atom. The zero-order chi connectivity index (χ0) is 15.9. The van der Waals surface area contributed by atoms with E-state index in [0.29, 0.717) is 11.3 Å². The predicted molar refractivity (Wildman–Crippen MR) is 92.3 cm³/mol. The smallest absolute Gasteiger partial charge is 0.221 e. The van der Waals surface area contributed by atoms with Crippen molar-refractivity contribution in [2.24, 2.45) is 0 Å². The predicted octanol–water partition coefficient (Wildman–Crippen LogP) is 4.26. The highest BCUT2D eigenvalue weighted by atomic mass is 32.2. The van der Waals surface area contributed by atoms with Crippen LogP contribution >= 0.6 is 11.8 Å². The molecule has 2 aromatic carbocycles. The van der Waals surface area contributed by atoms with E-state index in [-0.39, 0.29) is 11.7 Å². The summed E-state index contributed by atoms with van der Waals surface area (Å²) in [5.74, 6) is -0.198. The highest BCUT2D eigenvalue weighted by Gasteiger charge is 2.02. The van der Waals surface area contributed by atoms with E-state index in [4.69, 9.17) is 0 Å². The summed E-state index contributed by atoms with van der Waals surface area (Å²) in [6.07, 6.45) is 5.38. The van der Waals surface area contributed by atoms with Gasteiger partial charge in [0.25, 0.3) is 0 Å². The largest absolute Gasteiger partial charge is 0.326 e. The molecule has 3 nitrogen and oxygen atoms in total. The first-order chi connectivity index (χ1) is 10.6. The van der Waals surface area contributed by atoms with Gasteiger partial charge in [-0.15, -0.1) is 11.8 Å². The molecule has 1 amide bonds. The lowest BCUT2D eigenvalue weighted by molar-refractivity contribution is -0.114. The first kappa shape index (κ1) is 16.0. The Balaban J connectivity index is 2.04. The number of hydrogen-bond acceptors (Lipinski definition) is 3. The molecule has 4 heteroatoms. The van der Waals surface area contributed by atoms with E-state index < -0.39 is 0 Å². The lowest BCUT2D eigenvalue weighted by atomic mass is 10.1. The summed E-state index contributed by atoms with van der Waals surface area (Å²) in [6, 6.07) is 14.9. The Kier molecular flexibility index (Phi) is 5.55. The molecule has 22 heavy (non-hydrogen) atoms. The second-order valence-corrected chi connectivity index (χ2v) is 5.61. The van der Waals surface area contributed by atoms with E-state index >= 15 is 0 Å². The normalized spacial score (nSPS) is 10.6. The van der Waals surface area contributed by atoms with E-state index in [0.717, 1.165) is 5.56 Å². The summed E-state index contributed by atoms with van der Waals surface area (Å²) in [5, 5.41) is 2.67. The second kappa shape index (κ2) is 7.61. The van der Waals surface area contributed by atoms with E-state index in [2.05, 4.69) is 5.32 Å². The topological polar surface area (TPSA) is 46.2 Å². The minimum atomic E-state index is -0.132. The molecule has 0 unspecified atom stereocenters. The number of rotatable bonds is 5. The highest BCUT2D eigenvalue weighted by molar-refractivity contribution is 7.98. The van der Waals surface area contributed by atoms with Crippen LogP contribution in [-0.2, 0) is 4.79 Å². The second-order valence-electron chi connectivity index (χ2n) is 4.73. The molecule has 2 aromatic rings. The molecule has 112 valence electrons. The van der Waals surface area contributed by atoms with Crippen LogP contribution in [-0.4, -0.2) is 17.9 Å². The molecule has 0 bridgehead atoms. The minimum absolute atomic E-state index is 0.0664. The van der Waals surface area contributed by atoms with Crippen molar-refractivity contribution in [1.82, 2.24) is 0 Å². The van der Waals surface area contributed by atoms with Crippen LogP contribution in [0.15, 0.2) is 59.5 Å². The maximum atomic E-state index is 12.1. The number of allylic oxidation sites excluding steroid dienone is 1. The fourth-order valence-corrected chi connectivity index (χ4v) is 2.31. The number of carbonyl (C=O) groups is 2. The molecule has 0 saturated heterocycles. The zero-order valence-corrected chi connectivity index (χ0v) is 13.3. The van der Waals surface area contributed by atoms with Gasteiger partial charge in [-0.2, -0.15) is 0 Å². The Labute approximate surface area is 134 Å². The number of thioether (sulfide) groups is 1. The van der Waals surface area contributed by atoms with Crippen molar-refractivity contribution in [1.29, 1.82) is 0 Å². The molecule has 0 heterocycles. The molecule has 0 aliphatic rings. The molecule has 0 radical (unpaired) electrons. The molecule has 0 spiro atoms. The fraction of sp³-hybridized carbons (Fsp3) is 0.111. The quantitative estimate of drug-likeness (QED) is 0.510. The number of carbonyl (C=O) groups excluding carboxylic acids is 2. The number of amides is 1. The molecule has 2 rings (SSSR count). The molecular formula is C18H17NO2S. The fourth-order valence-electron chi connectivity index (χ4n) is 1.90. The third kappa shape index (κ3) is 4.60. The van der Waals surface area contributed by atoms with Crippen LogP contribution < -0.4 is 5.32 Å². The summed E-state index contributed by atoms with van der Waals surface area (Å²) >= 11 is 1.68.